The molecule has 1 heterocycles. The predicted molar refractivity (Wildman–Crippen MR) is 80.2 cm³/mol. The summed E-state index contributed by atoms with van der Waals surface area (Å²) in [5, 5.41) is 2.04. The minimum absolute atomic E-state index is 0.114. The van der Waals surface area contributed by atoms with Crippen LogP contribution in [0.1, 0.15) is 10.4 Å². The topological polar surface area (TPSA) is 72.5 Å². The molecule has 110 valence electrons. The smallest absolute Gasteiger partial charge is 0.255 e. The molecule has 5 nitrogen and oxygen atoms in total. The van der Waals surface area contributed by atoms with Crippen molar-refractivity contribution in [3.8, 4) is 5.75 Å². The van der Waals surface area contributed by atoms with Gasteiger partial charge in [-0.05, 0) is 18.2 Å². The minimum atomic E-state index is -3.18. The molecule has 1 amide bonds. The highest BCUT2D eigenvalue weighted by atomic mass is 79.9. The fraction of sp³-hybridized carbons (Fsp3) is 0.417. The van der Waals surface area contributed by atoms with Gasteiger partial charge in [-0.15, -0.1) is 11.6 Å². The van der Waals surface area contributed by atoms with Gasteiger partial charge in [-0.1, -0.05) is 15.9 Å². The zero-order chi connectivity index (χ0) is 14.9. The predicted octanol–water partition coefficient (Wildman–Crippen LogP) is 1.59. The first-order chi connectivity index (χ1) is 9.32. The normalized spacial score (nSPS) is 24.4. The van der Waals surface area contributed by atoms with Gasteiger partial charge >= 0.3 is 0 Å². The van der Waals surface area contributed by atoms with Crippen molar-refractivity contribution in [3.05, 3.63) is 28.2 Å². The summed E-state index contributed by atoms with van der Waals surface area (Å²) in [7, 11) is -1.72. The van der Waals surface area contributed by atoms with Crippen molar-refractivity contribution < 1.29 is 17.9 Å². The van der Waals surface area contributed by atoms with Crippen molar-refractivity contribution in [2.45, 2.75) is 11.4 Å². The molecule has 1 aliphatic rings. The Balaban J connectivity index is 2.17. The van der Waals surface area contributed by atoms with Gasteiger partial charge in [-0.25, -0.2) is 8.42 Å². The van der Waals surface area contributed by atoms with Crippen LogP contribution < -0.4 is 10.1 Å². The van der Waals surface area contributed by atoms with E-state index in [1.54, 1.807) is 18.2 Å². The summed E-state index contributed by atoms with van der Waals surface area (Å²) >= 11 is 9.25. The van der Waals surface area contributed by atoms with Crippen molar-refractivity contribution in [2.75, 3.05) is 18.6 Å². The Morgan fingerprint density at radius 2 is 2.15 bits per heavy atom. The van der Waals surface area contributed by atoms with E-state index >= 15 is 0 Å². The van der Waals surface area contributed by atoms with Crippen LogP contribution in [0.2, 0.25) is 0 Å². The number of rotatable bonds is 3. The summed E-state index contributed by atoms with van der Waals surface area (Å²) < 4.78 is 28.9. The zero-order valence-corrected chi connectivity index (χ0v) is 13.8. The molecule has 0 radical (unpaired) electrons. The maximum Gasteiger partial charge on any atom is 0.255 e. The molecule has 0 bridgehead atoms. The molecule has 1 aliphatic heterocycles. The summed E-state index contributed by atoms with van der Waals surface area (Å²) in [5.74, 6) is -0.242. The largest absolute Gasteiger partial charge is 0.496 e. The van der Waals surface area contributed by atoms with E-state index in [1.165, 1.54) is 7.11 Å². The van der Waals surface area contributed by atoms with Crippen molar-refractivity contribution in [1.82, 2.24) is 5.32 Å². The Bertz CT molecular complexity index is 634. The fourth-order valence-electron chi connectivity index (χ4n) is 2.04. The maximum absolute atomic E-state index is 12.2. The Morgan fingerprint density at radius 1 is 1.45 bits per heavy atom. The Morgan fingerprint density at radius 3 is 2.70 bits per heavy atom. The van der Waals surface area contributed by atoms with Gasteiger partial charge in [0.1, 0.15) is 5.75 Å². The van der Waals surface area contributed by atoms with Crippen LogP contribution in [0, 0.1) is 0 Å². The van der Waals surface area contributed by atoms with E-state index in [4.69, 9.17) is 16.3 Å². The van der Waals surface area contributed by atoms with Gasteiger partial charge < -0.3 is 10.1 Å². The second-order valence-electron chi connectivity index (χ2n) is 4.52. The van der Waals surface area contributed by atoms with Crippen LogP contribution >= 0.6 is 27.5 Å². The average Bonchev–Trinajstić information content (AvgIpc) is 2.61. The molecule has 2 atom stereocenters. The van der Waals surface area contributed by atoms with Crippen LogP contribution in [0.15, 0.2) is 22.7 Å². The number of sulfone groups is 1. The summed E-state index contributed by atoms with van der Waals surface area (Å²) in [6, 6.07) is 4.40. The van der Waals surface area contributed by atoms with Crippen LogP contribution in [0.3, 0.4) is 0 Å². The lowest BCUT2D eigenvalue weighted by Gasteiger charge is -2.15. The first-order valence-corrected chi connectivity index (χ1v) is 8.86. The molecule has 1 N–H and O–H groups in total. The van der Waals surface area contributed by atoms with Crippen molar-refractivity contribution >= 4 is 43.3 Å². The van der Waals surface area contributed by atoms with E-state index in [1.807, 2.05) is 0 Å². The molecule has 1 aromatic carbocycles. The Hall–Kier alpha value is -0.790. The summed E-state index contributed by atoms with van der Waals surface area (Å²) in [6.45, 7) is 0. The van der Waals surface area contributed by atoms with Crippen LogP contribution in [0.25, 0.3) is 0 Å². The minimum Gasteiger partial charge on any atom is -0.496 e. The summed E-state index contributed by atoms with van der Waals surface area (Å²) in [5.41, 5.74) is 0.337. The average molecular weight is 383 g/mol. The number of halogens is 2. The second-order valence-corrected chi connectivity index (χ2v) is 8.15. The third-order valence-electron chi connectivity index (χ3n) is 3.01. The third kappa shape index (κ3) is 3.45. The van der Waals surface area contributed by atoms with Crippen molar-refractivity contribution in [2.24, 2.45) is 0 Å². The number of carbonyl (C=O) groups excluding carboxylic acids is 1. The number of benzene rings is 1. The molecule has 0 aromatic heterocycles. The molecule has 1 fully saturated rings. The van der Waals surface area contributed by atoms with E-state index in [2.05, 4.69) is 21.2 Å². The van der Waals surface area contributed by atoms with Gasteiger partial charge in [0.15, 0.2) is 9.84 Å². The van der Waals surface area contributed by atoms with E-state index < -0.39 is 27.2 Å². The number of nitrogens with one attached hydrogen (secondary N) is 1. The molecular formula is C12H13BrClNO4S. The van der Waals surface area contributed by atoms with Crippen LogP contribution in [0.5, 0.6) is 5.75 Å². The SMILES string of the molecule is COc1cc(Br)ccc1C(=O)NC1CS(=O)(=O)CC1Cl. The van der Waals surface area contributed by atoms with Gasteiger partial charge in [0.25, 0.3) is 5.91 Å². The van der Waals surface area contributed by atoms with Crippen LogP contribution in [-0.4, -0.2) is 44.4 Å². The Labute approximate surface area is 130 Å². The monoisotopic (exact) mass is 381 g/mol. The number of alkyl halides is 1. The standard InChI is InChI=1S/C12H13BrClNO4S/c1-19-11-4-7(13)2-3-8(11)12(16)15-10-6-20(17,18)5-9(10)14/h2-4,9-10H,5-6H2,1H3,(H,15,16). The van der Waals surface area contributed by atoms with Crippen molar-refractivity contribution in [3.63, 3.8) is 0 Å². The van der Waals surface area contributed by atoms with Crippen LogP contribution in [-0.2, 0) is 9.84 Å². The number of hydrogen-bond donors (Lipinski definition) is 1. The van der Waals surface area contributed by atoms with Crippen LogP contribution in [0.4, 0.5) is 0 Å². The van der Waals surface area contributed by atoms with Gasteiger partial charge in [0.05, 0.1) is 35.6 Å². The first-order valence-electron chi connectivity index (χ1n) is 5.81. The van der Waals surface area contributed by atoms with E-state index in [9.17, 15) is 13.2 Å². The molecule has 0 spiro atoms. The molecule has 8 heteroatoms. The number of amides is 1. The lowest BCUT2D eigenvalue weighted by atomic mass is 10.1. The molecule has 2 rings (SSSR count). The number of carbonyl (C=O) groups is 1. The Kier molecular flexibility index (Phi) is 4.61. The van der Waals surface area contributed by atoms with E-state index in [0.29, 0.717) is 11.3 Å². The van der Waals surface area contributed by atoms with Gasteiger partial charge in [0.2, 0.25) is 0 Å². The van der Waals surface area contributed by atoms with Gasteiger partial charge in [-0.2, -0.15) is 0 Å². The number of methoxy groups -OCH3 is 1. The third-order valence-corrected chi connectivity index (χ3v) is 5.88. The molecular weight excluding hydrogens is 370 g/mol. The maximum atomic E-state index is 12.2. The fourth-order valence-corrected chi connectivity index (χ4v) is 4.93. The lowest BCUT2D eigenvalue weighted by molar-refractivity contribution is 0.0938. The molecule has 0 saturated carbocycles. The quantitative estimate of drug-likeness (QED) is 0.806. The van der Waals surface area contributed by atoms with Gasteiger partial charge in [0, 0.05) is 4.47 Å². The highest BCUT2D eigenvalue weighted by molar-refractivity contribution is 9.10. The number of ether oxygens (including phenoxy) is 1. The number of hydrogen-bond acceptors (Lipinski definition) is 4. The van der Waals surface area contributed by atoms with E-state index in [-0.39, 0.29) is 11.5 Å². The van der Waals surface area contributed by atoms with Crippen molar-refractivity contribution in [1.29, 1.82) is 0 Å². The van der Waals surface area contributed by atoms with E-state index in [0.717, 1.165) is 4.47 Å². The molecule has 2 unspecified atom stereocenters. The molecule has 0 aliphatic carbocycles. The molecule has 1 saturated heterocycles. The molecule has 1 aromatic rings. The summed E-state index contributed by atoms with van der Waals surface area (Å²) in [4.78, 5) is 12.2. The lowest BCUT2D eigenvalue weighted by Crippen LogP contribution is -2.40. The summed E-state index contributed by atoms with van der Waals surface area (Å²) in [6.07, 6.45) is 0. The first kappa shape index (κ1) is 15.6. The molecule has 20 heavy (non-hydrogen) atoms. The second kappa shape index (κ2) is 5.91. The highest BCUT2D eigenvalue weighted by Gasteiger charge is 2.37. The highest BCUT2D eigenvalue weighted by Crippen LogP contribution is 2.24. The van der Waals surface area contributed by atoms with Gasteiger partial charge in [-0.3, -0.25) is 4.79 Å². The zero-order valence-electron chi connectivity index (χ0n) is 10.6.